The first kappa shape index (κ1) is 14.6. The van der Waals surface area contributed by atoms with Crippen LogP contribution in [0.5, 0.6) is 0 Å². The fourth-order valence-electron chi connectivity index (χ4n) is 3.84. The van der Waals surface area contributed by atoms with Crippen LogP contribution in [-0.2, 0) is 6.54 Å². The van der Waals surface area contributed by atoms with Crippen molar-refractivity contribution in [2.75, 3.05) is 13.1 Å². The van der Waals surface area contributed by atoms with E-state index in [1.165, 1.54) is 6.42 Å². The van der Waals surface area contributed by atoms with Gasteiger partial charge in [0.15, 0.2) is 0 Å². The van der Waals surface area contributed by atoms with Crippen molar-refractivity contribution in [2.45, 2.75) is 51.2 Å². The molecule has 2 heterocycles. The molecule has 1 aliphatic carbocycles. The Hall–Kier alpha value is -1.33. The normalized spacial score (nSPS) is 30.1. The molecular weight excluding hydrogens is 270 g/mol. The standard InChI is InChI=1S/C16H23NO4/c1-11-14(15(18)19)8-13(21-11)10-17-7-6-16(20)5-3-2-4-12(16)9-17/h8,12,20H,2-7,9-10H2,1H3,(H,18,19). The molecule has 0 bridgehead atoms. The molecule has 0 spiro atoms. The van der Waals surface area contributed by atoms with E-state index in [0.717, 1.165) is 38.8 Å². The molecule has 1 saturated carbocycles. The number of rotatable bonds is 3. The number of aryl methyl sites for hydroxylation is 1. The smallest absolute Gasteiger partial charge is 0.339 e. The van der Waals surface area contributed by atoms with Crippen LogP contribution >= 0.6 is 0 Å². The van der Waals surface area contributed by atoms with Crippen molar-refractivity contribution >= 4 is 5.97 Å². The topological polar surface area (TPSA) is 73.9 Å². The molecule has 3 rings (SSSR count). The van der Waals surface area contributed by atoms with Crippen molar-refractivity contribution in [3.8, 4) is 0 Å². The summed E-state index contributed by atoms with van der Waals surface area (Å²) in [7, 11) is 0. The van der Waals surface area contributed by atoms with Crippen molar-refractivity contribution < 1.29 is 19.4 Å². The van der Waals surface area contributed by atoms with Gasteiger partial charge >= 0.3 is 5.97 Å². The van der Waals surface area contributed by atoms with E-state index < -0.39 is 11.6 Å². The fraction of sp³-hybridized carbons (Fsp3) is 0.688. The molecule has 0 amide bonds. The van der Waals surface area contributed by atoms with E-state index in [-0.39, 0.29) is 5.56 Å². The maximum Gasteiger partial charge on any atom is 0.339 e. The van der Waals surface area contributed by atoms with Crippen LogP contribution in [0.1, 0.15) is 54.0 Å². The second-order valence-corrected chi connectivity index (χ2v) is 6.52. The lowest BCUT2D eigenvalue weighted by Gasteiger charge is -2.47. The Kier molecular flexibility index (Phi) is 3.80. The molecule has 1 aromatic heterocycles. The summed E-state index contributed by atoms with van der Waals surface area (Å²) in [6, 6.07) is 1.62. The van der Waals surface area contributed by atoms with E-state index in [2.05, 4.69) is 4.90 Å². The largest absolute Gasteiger partial charge is 0.478 e. The Bertz CT molecular complexity index is 538. The third kappa shape index (κ3) is 2.85. The molecule has 116 valence electrons. The Morgan fingerprint density at radius 1 is 1.48 bits per heavy atom. The number of carboxylic acids is 1. The van der Waals surface area contributed by atoms with Crippen molar-refractivity contribution in [2.24, 2.45) is 5.92 Å². The van der Waals surface area contributed by atoms with E-state index >= 15 is 0 Å². The number of piperidine rings is 1. The monoisotopic (exact) mass is 293 g/mol. The molecule has 0 radical (unpaired) electrons. The lowest BCUT2D eigenvalue weighted by molar-refractivity contribution is -0.0975. The van der Waals surface area contributed by atoms with Gasteiger partial charge < -0.3 is 14.6 Å². The van der Waals surface area contributed by atoms with Gasteiger partial charge in [-0.1, -0.05) is 12.8 Å². The minimum absolute atomic E-state index is 0.246. The number of carbonyl (C=O) groups is 1. The van der Waals surface area contributed by atoms with E-state index in [1.807, 2.05) is 0 Å². The summed E-state index contributed by atoms with van der Waals surface area (Å²) >= 11 is 0. The molecule has 1 saturated heterocycles. The van der Waals surface area contributed by atoms with Gasteiger partial charge in [-0.05, 0) is 32.3 Å². The number of hydrogen-bond acceptors (Lipinski definition) is 4. The Balaban J connectivity index is 1.66. The zero-order valence-electron chi connectivity index (χ0n) is 12.5. The number of likely N-dealkylation sites (tertiary alicyclic amines) is 1. The van der Waals surface area contributed by atoms with Crippen LogP contribution in [0.2, 0.25) is 0 Å². The van der Waals surface area contributed by atoms with Gasteiger partial charge in [0.05, 0.1) is 12.1 Å². The first-order valence-electron chi connectivity index (χ1n) is 7.75. The molecule has 2 atom stereocenters. The van der Waals surface area contributed by atoms with E-state index in [4.69, 9.17) is 9.52 Å². The predicted molar refractivity (Wildman–Crippen MR) is 77.2 cm³/mol. The van der Waals surface area contributed by atoms with Crippen molar-refractivity contribution in [1.82, 2.24) is 4.90 Å². The van der Waals surface area contributed by atoms with Crippen LogP contribution in [0.15, 0.2) is 10.5 Å². The summed E-state index contributed by atoms with van der Waals surface area (Å²) < 4.78 is 5.55. The second kappa shape index (κ2) is 5.46. The lowest BCUT2D eigenvalue weighted by Crippen LogP contribution is -2.52. The van der Waals surface area contributed by atoms with Gasteiger partial charge in [0.2, 0.25) is 0 Å². The molecule has 1 aromatic rings. The summed E-state index contributed by atoms with van der Waals surface area (Å²) in [6.45, 7) is 4.03. The molecule has 1 aliphatic heterocycles. The second-order valence-electron chi connectivity index (χ2n) is 6.52. The number of aromatic carboxylic acids is 1. The maximum absolute atomic E-state index is 11.1. The molecule has 2 aliphatic rings. The SMILES string of the molecule is Cc1oc(CN2CCC3(O)CCCCC3C2)cc1C(=O)O. The van der Waals surface area contributed by atoms with Gasteiger partial charge in [-0.3, -0.25) is 4.90 Å². The summed E-state index contributed by atoms with van der Waals surface area (Å²) in [5.41, 5.74) is -0.226. The third-order valence-electron chi connectivity index (χ3n) is 5.09. The highest BCUT2D eigenvalue weighted by molar-refractivity contribution is 5.88. The number of hydrogen-bond donors (Lipinski definition) is 2. The highest BCUT2D eigenvalue weighted by Crippen LogP contribution is 2.40. The highest BCUT2D eigenvalue weighted by atomic mass is 16.4. The maximum atomic E-state index is 11.1. The van der Waals surface area contributed by atoms with Crippen LogP contribution in [0.3, 0.4) is 0 Å². The van der Waals surface area contributed by atoms with Crippen LogP contribution in [0.4, 0.5) is 0 Å². The Morgan fingerprint density at radius 2 is 2.29 bits per heavy atom. The summed E-state index contributed by atoms with van der Waals surface area (Å²) in [4.78, 5) is 13.3. The number of carboxylic acid groups (broad SMARTS) is 1. The number of fused-ring (bicyclic) bond motifs is 1. The van der Waals surface area contributed by atoms with Gasteiger partial charge in [0.1, 0.15) is 17.1 Å². The summed E-state index contributed by atoms with van der Waals surface area (Å²) in [5, 5.41) is 19.7. The first-order chi connectivity index (χ1) is 9.98. The van der Waals surface area contributed by atoms with Crippen molar-refractivity contribution in [3.63, 3.8) is 0 Å². The van der Waals surface area contributed by atoms with Crippen LogP contribution < -0.4 is 0 Å². The Labute approximate surface area is 124 Å². The van der Waals surface area contributed by atoms with E-state index in [1.54, 1.807) is 13.0 Å². The minimum Gasteiger partial charge on any atom is -0.478 e. The van der Waals surface area contributed by atoms with Gasteiger partial charge in [0.25, 0.3) is 0 Å². The number of aliphatic hydroxyl groups is 1. The van der Waals surface area contributed by atoms with Gasteiger partial charge in [0, 0.05) is 19.0 Å². The molecule has 5 nitrogen and oxygen atoms in total. The molecule has 2 N–H and O–H groups in total. The van der Waals surface area contributed by atoms with Crippen LogP contribution in [0.25, 0.3) is 0 Å². The zero-order chi connectivity index (χ0) is 15.0. The highest BCUT2D eigenvalue weighted by Gasteiger charge is 2.42. The summed E-state index contributed by atoms with van der Waals surface area (Å²) in [5.74, 6) is 0.563. The van der Waals surface area contributed by atoms with E-state index in [9.17, 15) is 9.90 Å². The molecular formula is C16H23NO4. The van der Waals surface area contributed by atoms with Crippen molar-refractivity contribution in [3.05, 3.63) is 23.2 Å². The van der Waals surface area contributed by atoms with Gasteiger partial charge in [-0.15, -0.1) is 0 Å². The van der Waals surface area contributed by atoms with Gasteiger partial charge in [-0.2, -0.15) is 0 Å². The lowest BCUT2D eigenvalue weighted by atomic mass is 9.71. The minimum atomic E-state index is -0.942. The number of nitrogens with zero attached hydrogens (tertiary/aromatic N) is 1. The molecule has 0 aromatic carbocycles. The van der Waals surface area contributed by atoms with Crippen molar-refractivity contribution in [1.29, 1.82) is 0 Å². The van der Waals surface area contributed by atoms with Gasteiger partial charge in [-0.25, -0.2) is 4.79 Å². The zero-order valence-corrected chi connectivity index (χ0v) is 12.5. The number of furan rings is 1. The quantitative estimate of drug-likeness (QED) is 0.895. The molecule has 2 unspecified atom stereocenters. The molecule has 5 heteroatoms. The Morgan fingerprint density at radius 3 is 3.00 bits per heavy atom. The average Bonchev–Trinajstić information content (AvgIpc) is 2.80. The summed E-state index contributed by atoms with van der Waals surface area (Å²) in [6.07, 6.45) is 5.15. The van der Waals surface area contributed by atoms with E-state index in [0.29, 0.717) is 24.0 Å². The van der Waals surface area contributed by atoms with Crippen LogP contribution in [0, 0.1) is 12.8 Å². The predicted octanol–water partition coefficient (Wildman–Crippen LogP) is 2.41. The third-order valence-corrected chi connectivity index (χ3v) is 5.09. The first-order valence-corrected chi connectivity index (χ1v) is 7.75. The molecule has 2 fully saturated rings. The molecule has 21 heavy (non-hydrogen) atoms. The van der Waals surface area contributed by atoms with Crippen LogP contribution in [-0.4, -0.2) is 39.8 Å². The fourth-order valence-corrected chi connectivity index (χ4v) is 3.84. The average molecular weight is 293 g/mol.